The van der Waals surface area contributed by atoms with Gasteiger partial charge in [0.05, 0.1) is 10.6 Å². The van der Waals surface area contributed by atoms with Crippen LogP contribution in [0.4, 0.5) is 10.1 Å². The van der Waals surface area contributed by atoms with Crippen LogP contribution in [0.3, 0.4) is 0 Å². The van der Waals surface area contributed by atoms with E-state index in [9.17, 15) is 9.18 Å². The van der Waals surface area contributed by atoms with Crippen molar-refractivity contribution in [3.63, 3.8) is 0 Å². The van der Waals surface area contributed by atoms with Gasteiger partial charge in [-0.05, 0) is 54.9 Å². The third-order valence-corrected chi connectivity index (χ3v) is 5.50. The molecule has 0 saturated carbocycles. The first kappa shape index (κ1) is 21.5. The smallest absolute Gasteiger partial charge is 0.268 e. The van der Waals surface area contributed by atoms with Crippen LogP contribution in [0.5, 0.6) is 0 Å². The summed E-state index contributed by atoms with van der Waals surface area (Å²) in [5.41, 5.74) is 3.22. The number of halogens is 1. The lowest BCUT2D eigenvalue weighted by molar-refractivity contribution is -0.113. The lowest BCUT2D eigenvalue weighted by atomic mass is 10.1. The van der Waals surface area contributed by atoms with Crippen molar-refractivity contribution in [1.82, 2.24) is 0 Å². The molecule has 1 heterocycles. The molecule has 1 amide bonds. The second-order valence-electron chi connectivity index (χ2n) is 6.64. The Balaban J connectivity index is 0.000000310. The summed E-state index contributed by atoms with van der Waals surface area (Å²) in [6.07, 6.45) is 2.73. The van der Waals surface area contributed by atoms with Gasteiger partial charge in [0.2, 0.25) is 0 Å². The molecule has 1 aliphatic rings. The molecule has 30 heavy (non-hydrogen) atoms. The second-order valence-corrected chi connectivity index (χ2v) is 7.65. The Kier molecular flexibility index (Phi) is 7.57. The predicted octanol–water partition coefficient (Wildman–Crippen LogP) is 6.01. The maximum absolute atomic E-state index is 12.7. The number of aryl methyl sites for hydroxylation is 1. The zero-order valence-electron chi connectivity index (χ0n) is 17.0. The van der Waals surface area contributed by atoms with Crippen molar-refractivity contribution in [2.24, 2.45) is 4.99 Å². The van der Waals surface area contributed by atoms with Crippen LogP contribution in [-0.2, 0) is 11.2 Å². The Morgan fingerprint density at radius 3 is 2.07 bits per heavy atom. The highest BCUT2D eigenvalue weighted by molar-refractivity contribution is 8.19. The summed E-state index contributed by atoms with van der Waals surface area (Å²) < 4.78 is 11.9. The molecule has 0 unspecified atom stereocenters. The number of hydrogen-bond donors (Lipinski definition) is 0. The number of nitrogens with zero attached hydrogens (tertiary/aromatic N) is 2. The molecule has 0 atom stereocenters. The Bertz CT molecular complexity index is 1030. The van der Waals surface area contributed by atoms with Gasteiger partial charge in [0, 0.05) is 7.05 Å². The first-order chi connectivity index (χ1) is 14.6. The third-order valence-electron chi connectivity index (χ3n) is 4.39. The number of carbonyl (C=O) groups excluding carboxylic acids is 1. The standard InChI is InChI=1S/C19H18N2OS.C6H5F/c1-14-8-11-16(12-9-14)21-18(22)17(23-19(21)20-2)13-10-15-6-4-3-5-7-15;7-6-4-2-1-3-5-6/h3-9,11-13H,10H2,1-2H3;1-5H/b17-13+,20-19?;. The van der Waals surface area contributed by atoms with Crippen LogP contribution >= 0.6 is 11.8 Å². The second kappa shape index (κ2) is 10.6. The molecule has 0 N–H and O–H groups in total. The fourth-order valence-corrected chi connectivity index (χ4v) is 3.73. The molecular weight excluding hydrogens is 395 g/mol. The monoisotopic (exact) mass is 418 g/mol. The third kappa shape index (κ3) is 5.67. The summed E-state index contributed by atoms with van der Waals surface area (Å²) in [5, 5.41) is 0.721. The topological polar surface area (TPSA) is 32.7 Å². The van der Waals surface area contributed by atoms with Crippen molar-refractivity contribution in [1.29, 1.82) is 0 Å². The molecule has 0 spiro atoms. The summed E-state index contributed by atoms with van der Waals surface area (Å²) in [4.78, 5) is 19.4. The molecule has 3 aromatic rings. The highest BCUT2D eigenvalue weighted by Gasteiger charge is 2.33. The van der Waals surface area contributed by atoms with Crippen molar-refractivity contribution in [3.8, 4) is 0 Å². The summed E-state index contributed by atoms with van der Waals surface area (Å²) >= 11 is 1.43. The quantitative estimate of drug-likeness (QED) is 0.488. The zero-order valence-corrected chi connectivity index (χ0v) is 17.8. The number of anilines is 1. The van der Waals surface area contributed by atoms with Gasteiger partial charge in [-0.25, -0.2) is 4.39 Å². The minimum Gasteiger partial charge on any atom is -0.268 e. The van der Waals surface area contributed by atoms with Crippen molar-refractivity contribution in [2.45, 2.75) is 13.3 Å². The van der Waals surface area contributed by atoms with Crippen molar-refractivity contribution in [2.75, 3.05) is 11.9 Å². The highest BCUT2D eigenvalue weighted by atomic mass is 32.2. The van der Waals surface area contributed by atoms with E-state index in [0.29, 0.717) is 0 Å². The Morgan fingerprint density at radius 1 is 0.933 bits per heavy atom. The van der Waals surface area contributed by atoms with E-state index >= 15 is 0 Å². The number of amidine groups is 1. The predicted molar refractivity (Wildman–Crippen MR) is 124 cm³/mol. The minimum absolute atomic E-state index is 0.00427. The van der Waals surface area contributed by atoms with Crippen LogP contribution in [-0.4, -0.2) is 18.1 Å². The van der Waals surface area contributed by atoms with E-state index in [2.05, 4.69) is 17.1 Å². The number of rotatable bonds is 3. The van der Waals surface area contributed by atoms with E-state index < -0.39 is 0 Å². The van der Waals surface area contributed by atoms with Crippen LogP contribution in [0.15, 0.2) is 101 Å². The number of thioether (sulfide) groups is 1. The zero-order chi connectivity index (χ0) is 21.3. The van der Waals surface area contributed by atoms with E-state index in [1.807, 2.05) is 55.5 Å². The van der Waals surface area contributed by atoms with Gasteiger partial charge < -0.3 is 0 Å². The molecule has 5 heteroatoms. The average molecular weight is 419 g/mol. The fourth-order valence-electron chi connectivity index (χ4n) is 2.82. The van der Waals surface area contributed by atoms with Gasteiger partial charge in [0.25, 0.3) is 5.91 Å². The molecular formula is C25H23FN2OS. The fraction of sp³-hybridized carbons (Fsp3) is 0.120. The summed E-state index contributed by atoms with van der Waals surface area (Å²) in [6.45, 7) is 2.03. The maximum Gasteiger partial charge on any atom is 0.270 e. The average Bonchev–Trinajstić information content (AvgIpc) is 3.10. The molecule has 1 saturated heterocycles. The first-order valence-corrected chi connectivity index (χ1v) is 10.4. The molecule has 0 aliphatic carbocycles. The summed E-state index contributed by atoms with van der Waals surface area (Å²) in [7, 11) is 1.72. The normalized spacial score (nSPS) is 16.0. The van der Waals surface area contributed by atoms with Crippen molar-refractivity contribution in [3.05, 3.63) is 113 Å². The number of carbonyl (C=O) groups is 1. The van der Waals surface area contributed by atoms with Crippen LogP contribution in [0.25, 0.3) is 0 Å². The van der Waals surface area contributed by atoms with Crippen LogP contribution in [0.2, 0.25) is 0 Å². The number of allylic oxidation sites excluding steroid dienone is 1. The number of amides is 1. The molecule has 1 fully saturated rings. The maximum atomic E-state index is 12.7. The Labute approximate surface area is 181 Å². The van der Waals surface area contributed by atoms with Crippen molar-refractivity contribution < 1.29 is 9.18 Å². The van der Waals surface area contributed by atoms with Gasteiger partial charge in [0.15, 0.2) is 5.17 Å². The van der Waals surface area contributed by atoms with E-state index in [-0.39, 0.29) is 11.7 Å². The van der Waals surface area contributed by atoms with E-state index in [0.717, 1.165) is 22.2 Å². The van der Waals surface area contributed by atoms with Gasteiger partial charge in [-0.3, -0.25) is 14.7 Å². The number of benzene rings is 3. The molecule has 3 aromatic carbocycles. The Morgan fingerprint density at radius 2 is 1.53 bits per heavy atom. The summed E-state index contributed by atoms with van der Waals surface area (Å²) in [6, 6.07) is 26.0. The van der Waals surface area contributed by atoms with E-state index in [1.165, 1.54) is 35.0 Å². The molecule has 0 radical (unpaired) electrons. The van der Waals surface area contributed by atoms with Crippen LogP contribution in [0.1, 0.15) is 11.1 Å². The van der Waals surface area contributed by atoms with Gasteiger partial charge >= 0.3 is 0 Å². The van der Waals surface area contributed by atoms with E-state index in [4.69, 9.17) is 0 Å². The van der Waals surface area contributed by atoms with Gasteiger partial charge in [-0.1, -0.05) is 72.3 Å². The van der Waals surface area contributed by atoms with Crippen LogP contribution < -0.4 is 4.90 Å². The van der Waals surface area contributed by atoms with Gasteiger partial charge in [-0.2, -0.15) is 0 Å². The first-order valence-electron chi connectivity index (χ1n) is 9.59. The van der Waals surface area contributed by atoms with Gasteiger partial charge in [0.1, 0.15) is 5.82 Å². The molecule has 3 nitrogen and oxygen atoms in total. The molecule has 0 bridgehead atoms. The van der Waals surface area contributed by atoms with Crippen LogP contribution in [0, 0.1) is 12.7 Å². The molecule has 152 valence electrons. The molecule has 0 aromatic heterocycles. The van der Waals surface area contributed by atoms with Crippen molar-refractivity contribution >= 4 is 28.5 Å². The lowest BCUT2D eigenvalue weighted by Crippen LogP contribution is -2.28. The minimum atomic E-state index is -0.178. The lowest BCUT2D eigenvalue weighted by Gasteiger charge is -2.15. The number of hydrogen-bond acceptors (Lipinski definition) is 3. The van der Waals surface area contributed by atoms with Gasteiger partial charge in [-0.15, -0.1) is 0 Å². The Hall–Kier alpha value is -3.18. The highest BCUT2D eigenvalue weighted by Crippen LogP contribution is 2.34. The SMILES string of the molecule is CN=C1S/C(=C/Cc2ccccc2)C(=O)N1c1ccc(C)cc1.Fc1ccccc1. The molecule has 1 aliphatic heterocycles. The largest absolute Gasteiger partial charge is 0.270 e. The number of aliphatic imine (C=N–C) groups is 1. The van der Waals surface area contributed by atoms with E-state index in [1.54, 1.807) is 30.1 Å². The summed E-state index contributed by atoms with van der Waals surface area (Å²) in [5.74, 6) is -0.183. The molecule has 4 rings (SSSR count).